The number of hydrogen-bond acceptors (Lipinski definition) is 2. The molecule has 2 heterocycles. The summed E-state index contributed by atoms with van der Waals surface area (Å²) in [4.78, 5) is 0. The lowest BCUT2D eigenvalue weighted by Crippen LogP contribution is -2.10. The molecule has 3 nitrogen and oxygen atoms in total. The standard InChI is InChI=1S/C15H20N2O/c1-3-18-13-4-5-14-12(8-13)9-15(17(14)2)11-6-7-16-10-11/h4-5,8-9,11,16H,3,6-7,10H2,1-2H3. The van der Waals surface area contributed by atoms with Gasteiger partial charge in [-0.1, -0.05) is 0 Å². The fraction of sp³-hybridized carbons (Fsp3) is 0.467. The average Bonchev–Trinajstić information content (AvgIpc) is 2.98. The topological polar surface area (TPSA) is 26.2 Å². The Kier molecular flexibility index (Phi) is 3.00. The third kappa shape index (κ3) is 1.89. The smallest absolute Gasteiger partial charge is 0.120 e. The third-order valence-corrected chi connectivity index (χ3v) is 3.84. The van der Waals surface area contributed by atoms with Crippen molar-refractivity contribution in [1.29, 1.82) is 0 Å². The molecule has 1 unspecified atom stereocenters. The molecule has 1 saturated heterocycles. The number of fused-ring (bicyclic) bond motifs is 1. The highest BCUT2D eigenvalue weighted by Gasteiger charge is 2.20. The second kappa shape index (κ2) is 4.65. The molecular formula is C15H20N2O. The Labute approximate surface area is 108 Å². The molecule has 1 aliphatic rings. The van der Waals surface area contributed by atoms with Crippen LogP contribution in [0.3, 0.4) is 0 Å². The zero-order chi connectivity index (χ0) is 12.5. The van der Waals surface area contributed by atoms with Crippen LogP contribution in [0, 0.1) is 0 Å². The molecule has 0 radical (unpaired) electrons. The average molecular weight is 244 g/mol. The molecular weight excluding hydrogens is 224 g/mol. The Morgan fingerprint density at radius 1 is 1.39 bits per heavy atom. The number of rotatable bonds is 3. The molecule has 18 heavy (non-hydrogen) atoms. The maximum absolute atomic E-state index is 5.57. The first-order chi connectivity index (χ1) is 8.79. The van der Waals surface area contributed by atoms with E-state index in [0.29, 0.717) is 5.92 Å². The molecule has 0 saturated carbocycles. The van der Waals surface area contributed by atoms with Gasteiger partial charge in [0.2, 0.25) is 0 Å². The Hall–Kier alpha value is -1.48. The van der Waals surface area contributed by atoms with Gasteiger partial charge in [0.05, 0.1) is 6.61 Å². The summed E-state index contributed by atoms with van der Waals surface area (Å²) in [7, 11) is 2.16. The van der Waals surface area contributed by atoms with E-state index in [9.17, 15) is 0 Å². The van der Waals surface area contributed by atoms with Gasteiger partial charge in [-0.05, 0) is 44.2 Å². The Morgan fingerprint density at radius 2 is 2.28 bits per heavy atom. The van der Waals surface area contributed by atoms with Crippen LogP contribution in [0.15, 0.2) is 24.3 Å². The predicted molar refractivity (Wildman–Crippen MR) is 74.3 cm³/mol. The van der Waals surface area contributed by atoms with E-state index in [1.807, 2.05) is 6.92 Å². The van der Waals surface area contributed by atoms with Crippen LogP contribution < -0.4 is 10.1 Å². The Bertz CT molecular complexity index is 553. The molecule has 0 spiro atoms. The first-order valence-corrected chi connectivity index (χ1v) is 6.72. The van der Waals surface area contributed by atoms with E-state index in [4.69, 9.17) is 4.74 Å². The molecule has 3 rings (SSSR count). The van der Waals surface area contributed by atoms with Crippen LogP contribution in [0.4, 0.5) is 0 Å². The van der Waals surface area contributed by atoms with Crippen LogP contribution in [0.1, 0.15) is 25.0 Å². The summed E-state index contributed by atoms with van der Waals surface area (Å²) < 4.78 is 7.89. The van der Waals surface area contributed by atoms with Crippen molar-refractivity contribution in [2.75, 3.05) is 19.7 Å². The molecule has 1 aliphatic heterocycles. The number of hydrogen-bond donors (Lipinski definition) is 1. The number of nitrogens with one attached hydrogen (secondary N) is 1. The number of ether oxygens (including phenoxy) is 1. The van der Waals surface area contributed by atoms with Crippen LogP contribution in [0.5, 0.6) is 5.75 Å². The van der Waals surface area contributed by atoms with Crippen molar-refractivity contribution in [1.82, 2.24) is 9.88 Å². The largest absolute Gasteiger partial charge is 0.494 e. The number of aryl methyl sites for hydroxylation is 1. The Balaban J connectivity index is 2.03. The van der Waals surface area contributed by atoms with Gasteiger partial charge in [-0.2, -0.15) is 0 Å². The van der Waals surface area contributed by atoms with Crippen LogP contribution in [-0.2, 0) is 7.05 Å². The second-order valence-corrected chi connectivity index (χ2v) is 4.97. The highest BCUT2D eigenvalue weighted by molar-refractivity contribution is 5.83. The molecule has 0 amide bonds. The summed E-state index contributed by atoms with van der Waals surface area (Å²) in [5.74, 6) is 1.62. The zero-order valence-corrected chi connectivity index (χ0v) is 11.1. The number of aromatic nitrogens is 1. The number of nitrogens with zero attached hydrogens (tertiary/aromatic N) is 1. The van der Waals surface area contributed by atoms with Crippen LogP contribution in [0.25, 0.3) is 10.9 Å². The van der Waals surface area contributed by atoms with Crippen molar-refractivity contribution in [3.8, 4) is 5.75 Å². The predicted octanol–water partition coefficient (Wildman–Crippen LogP) is 2.65. The first kappa shape index (κ1) is 11.6. The van der Waals surface area contributed by atoms with E-state index in [2.05, 4.69) is 41.2 Å². The van der Waals surface area contributed by atoms with E-state index < -0.39 is 0 Å². The minimum atomic E-state index is 0.651. The maximum atomic E-state index is 5.57. The summed E-state index contributed by atoms with van der Waals surface area (Å²) >= 11 is 0. The van der Waals surface area contributed by atoms with Gasteiger partial charge in [0.25, 0.3) is 0 Å². The van der Waals surface area contributed by atoms with Gasteiger partial charge in [0.15, 0.2) is 0 Å². The lowest BCUT2D eigenvalue weighted by molar-refractivity contribution is 0.340. The lowest BCUT2D eigenvalue weighted by Gasteiger charge is -2.10. The third-order valence-electron chi connectivity index (χ3n) is 3.84. The van der Waals surface area contributed by atoms with E-state index in [-0.39, 0.29) is 0 Å². The fourth-order valence-corrected chi connectivity index (χ4v) is 2.90. The van der Waals surface area contributed by atoms with Crippen molar-refractivity contribution < 1.29 is 4.74 Å². The fourth-order valence-electron chi connectivity index (χ4n) is 2.90. The number of benzene rings is 1. The van der Waals surface area contributed by atoms with Crippen molar-refractivity contribution in [3.63, 3.8) is 0 Å². The van der Waals surface area contributed by atoms with Crippen molar-refractivity contribution in [2.24, 2.45) is 7.05 Å². The van der Waals surface area contributed by atoms with Crippen LogP contribution in [0.2, 0.25) is 0 Å². The van der Waals surface area contributed by atoms with Gasteiger partial charge >= 0.3 is 0 Å². The molecule has 1 aromatic heterocycles. The van der Waals surface area contributed by atoms with Gasteiger partial charge < -0.3 is 14.6 Å². The quantitative estimate of drug-likeness (QED) is 0.898. The minimum Gasteiger partial charge on any atom is -0.494 e. The molecule has 1 N–H and O–H groups in total. The van der Waals surface area contributed by atoms with E-state index in [1.165, 1.54) is 23.0 Å². The van der Waals surface area contributed by atoms with E-state index in [0.717, 1.165) is 25.4 Å². The lowest BCUT2D eigenvalue weighted by atomic mass is 10.1. The first-order valence-electron chi connectivity index (χ1n) is 6.72. The van der Waals surface area contributed by atoms with Gasteiger partial charge in [-0.25, -0.2) is 0 Å². The van der Waals surface area contributed by atoms with Crippen molar-refractivity contribution in [2.45, 2.75) is 19.3 Å². The molecule has 0 bridgehead atoms. The van der Waals surface area contributed by atoms with E-state index in [1.54, 1.807) is 0 Å². The molecule has 96 valence electrons. The van der Waals surface area contributed by atoms with Gasteiger partial charge in [0, 0.05) is 36.1 Å². The SMILES string of the molecule is CCOc1ccc2c(c1)cc(C1CCNC1)n2C. The van der Waals surface area contributed by atoms with Gasteiger partial charge in [0.1, 0.15) is 5.75 Å². The molecule has 1 aromatic carbocycles. The maximum Gasteiger partial charge on any atom is 0.120 e. The summed E-state index contributed by atoms with van der Waals surface area (Å²) in [5.41, 5.74) is 2.73. The molecule has 3 heteroatoms. The Morgan fingerprint density at radius 3 is 3.00 bits per heavy atom. The highest BCUT2D eigenvalue weighted by atomic mass is 16.5. The molecule has 2 aromatic rings. The van der Waals surface area contributed by atoms with Crippen LogP contribution in [-0.4, -0.2) is 24.3 Å². The van der Waals surface area contributed by atoms with E-state index >= 15 is 0 Å². The normalized spacial score (nSPS) is 19.6. The van der Waals surface area contributed by atoms with Gasteiger partial charge in [-0.3, -0.25) is 0 Å². The second-order valence-electron chi connectivity index (χ2n) is 4.97. The van der Waals surface area contributed by atoms with Crippen molar-refractivity contribution in [3.05, 3.63) is 30.0 Å². The van der Waals surface area contributed by atoms with Crippen LogP contribution >= 0.6 is 0 Å². The summed E-state index contributed by atoms with van der Waals surface area (Å²) in [6.45, 7) is 4.97. The summed E-state index contributed by atoms with van der Waals surface area (Å²) in [6, 6.07) is 8.68. The summed E-state index contributed by atoms with van der Waals surface area (Å²) in [6.07, 6.45) is 1.24. The minimum absolute atomic E-state index is 0.651. The zero-order valence-electron chi connectivity index (χ0n) is 11.1. The molecule has 1 fully saturated rings. The highest BCUT2D eigenvalue weighted by Crippen LogP contribution is 2.30. The molecule has 1 atom stereocenters. The van der Waals surface area contributed by atoms with Gasteiger partial charge in [-0.15, -0.1) is 0 Å². The summed E-state index contributed by atoms with van der Waals surface area (Å²) in [5, 5.41) is 4.72. The van der Waals surface area contributed by atoms with Crippen molar-refractivity contribution >= 4 is 10.9 Å². The monoisotopic (exact) mass is 244 g/mol. The molecule has 0 aliphatic carbocycles.